The Morgan fingerprint density at radius 2 is 1.81 bits per heavy atom. The van der Waals surface area contributed by atoms with Gasteiger partial charge in [0.2, 0.25) is 5.95 Å². The molecule has 4 heterocycles. The molecule has 10 heteroatoms. The first-order valence-corrected chi connectivity index (χ1v) is 13.6. The van der Waals surface area contributed by atoms with Gasteiger partial charge in [-0.1, -0.05) is 17.4 Å². The standard InChI is InChI=1S/C27H30N6O3S/c34-20-4-2-19(3-5-20)30-26-29-10-7-25(32-26)33-27-31-23-6-1-17(14-24(23)37-27)18-13-22(16-28-15-18)36-21-8-11-35-12-9-21/h1,6-7,10,13-16,19-21,34H,2-5,8-9,11-12H2,(H2,29,30,31,32,33)/t19-,20-. The zero-order valence-corrected chi connectivity index (χ0v) is 21.3. The number of ether oxygens (including phenoxy) is 2. The van der Waals surface area contributed by atoms with E-state index in [0.717, 1.165) is 84.0 Å². The molecule has 2 fully saturated rings. The molecule has 2 aliphatic rings. The van der Waals surface area contributed by atoms with Gasteiger partial charge in [0.1, 0.15) is 17.7 Å². The molecule has 1 saturated carbocycles. The Kier molecular flexibility index (Phi) is 7.11. The number of hydrogen-bond donors (Lipinski definition) is 3. The van der Waals surface area contributed by atoms with Crippen LogP contribution < -0.4 is 15.4 Å². The van der Waals surface area contributed by atoms with Gasteiger partial charge in [0.05, 0.1) is 35.7 Å². The molecular weight excluding hydrogens is 488 g/mol. The summed E-state index contributed by atoms with van der Waals surface area (Å²) in [6, 6.07) is 10.4. The van der Waals surface area contributed by atoms with E-state index in [1.807, 2.05) is 24.4 Å². The SMILES string of the molecule is O[C@H]1CC[C@H](Nc2nccc(Nc3nc4ccc(-c5cncc(OC6CCOCC6)c5)cc4s3)n2)CC1. The molecule has 9 nitrogen and oxygen atoms in total. The molecular formula is C27H30N6O3S. The number of fused-ring (bicyclic) bond motifs is 1. The van der Waals surface area contributed by atoms with Crippen LogP contribution in [0.4, 0.5) is 16.9 Å². The predicted molar refractivity (Wildman–Crippen MR) is 145 cm³/mol. The molecule has 0 unspecified atom stereocenters. The molecule has 3 aromatic heterocycles. The average molecular weight is 519 g/mol. The smallest absolute Gasteiger partial charge is 0.224 e. The Morgan fingerprint density at radius 1 is 0.946 bits per heavy atom. The Balaban J connectivity index is 1.15. The number of thiazole rings is 1. The highest BCUT2D eigenvalue weighted by Crippen LogP contribution is 2.33. The quantitative estimate of drug-likeness (QED) is 0.305. The molecule has 1 aromatic carbocycles. The molecule has 0 atom stereocenters. The lowest BCUT2D eigenvalue weighted by Gasteiger charge is -2.26. The van der Waals surface area contributed by atoms with Crippen LogP contribution in [0.5, 0.6) is 5.75 Å². The van der Waals surface area contributed by atoms with Crippen LogP contribution in [0.3, 0.4) is 0 Å². The number of rotatable bonds is 7. The minimum absolute atomic E-state index is 0.177. The Bertz CT molecular complexity index is 1350. The summed E-state index contributed by atoms with van der Waals surface area (Å²) < 4.78 is 12.6. The monoisotopic (exact) mass is 518 g/mol. The number of aromatic nitrogens is 4. The number of aliphatic hydroxyl groups excluding tert-OH is 1. The second-order valence-electron chi connectivity index (χ2n) is 9.58. The molecule has 0 bridgehead atoms. The summed E-state index contributed by atoms with van der Waals surface area (Å²) in [4.78, 5) is 18.1. The second-order valence-corrected chi connectivity index (χ2v) is 10.6. The van der Waals surface area contributed by atoms with Gasteiger partial charge >= 0.3 is 0 Å². The molecule has 1 saturated heterocycles. The first-order chi connectivity index (χ1) is 18.2. The van der Waals surface area contributed by atoms with Crippen LogP contribution in [0.15, 0.2) is 48.9 Å². The van der Waals surface area contributed by atoms with Gasteiger partial charge in [-0.2, -0.15) is 4.98 Å². The number of benzene rings is 1. The number of pyridine rings is 1. The first kappa shape index (κ1) is 24.0. The van der Waals surface area contributed by atoms with Gasteiger partial charge in [-0.25, -0.2) is 9.97 Å². The van der Waals surface area contributed by atoms with Crippen molar-refractivity contribution in [2.24, 2.45) is 0 Å². The number of nitrogens with zero attached hydrogens (tertiary/aromatic N) is 4. The van der Waals surface area contributed by atoms with Crippen LogP contribution in [0, 0.1) is 0 Å². The van der Waals surface area contributed by atoms with Crippen molar-refractivity contribution in [3.63, 3.8) is 0 Å². The molecule has 1 aliphatic carbocycles. The van der Waals surface area contributed by atoms with E-state index in [0.29, 0.717) is 11.8 Å². The number of aliphatic hydroxyl groups is 1. The van der Waals surface area contributed by atoms with Gasteiger partial charge in [0, 0.05) is 36.8 Å². The summed E-state index contributed by atoms with van der Waals surface area (Å²) >= 11 is 1.58. The van der Waals surface area contributed by atoms with Gasteiger partial charge in [0.25, 0.3) is 0 Å². The van der Waals surface area contributed by atoms with Crippen LogP contribution in [0.2, 0.25) is 0 Å². The lowest BCUT2D eigenvalue weighted by atomic mass is 9.93. The molecule has 6 rings (SSSR count). The van der Waals surface area contributed by atoms with Crippen LogP contribution in [0.1, 0.15) is 38.5 Å². The molecule has 0 amide bonds. The normalized spacial score (nSPS) is 20.6. The maximum absolute atomic E-state index is 9.73. The largest absolute Gasteiger partial charge is 0.489 e. The molecule has 192 valence electrons. The van der Waals surface area contributed by atoms with E-state index in [-0.39, 0.29) is 18.2 Å². The number of hydrogen-bond acceptors (Lipinski definition) is 10. The van der Waals surface area contributed by atoms with Crippen molar-refractivity contribution < 1.29 is 14.6 Å². The zero-order chi connectivity index (χ0) is 25.0. The van der Waals surface area contributed by atoms with Crippen molar-refractivity contribution in [1.82, 2.24) is 19.9 Å². The van der Waals surface area contributed by atoms with E-state index < -0.39 is 0 Å². The summed E-state index contributed by atoms with van der Waals surface area (Å²) in [7, 11) is 0. The minimum Gasteiger partial charge on any atom is -0.489 e. The fourth-order valence-electron chi connectivity index (χ4n) is 4.80. The van der Waals surface area contributed by atoms with E-state index in [9.17, 15) is 5.11 Å². The highest BCUT2D eigenvalue weighted by molar-refractivity contribution is 7.22. The van der Waals surface area contributed by atoms with Gasteiger partial charge in [-0.05, 0) is 55.5 Å². The third-order valence-corrected chi connectivity index (χ3v) is 7.76. The van der Waals surface area contributed by atoms with Crippen molar-refractivity contribution >= 4 is 38.5 Å². The maximum atomic E-state index is 9.73. The number of anilines is 3. The van der Waals surface area contributed by atoms with Crippen molar-refractivity contribution in [3.8, 4) is 16.9 Å². The van der Waals surface area contributed by atoms with E-state index in [1.54, 1.807) is 23.7 Å². The summed E-state index contributed by atoms with van der Waals surface area (Å²) in [5.41, 5.74) is 3.00. The summed E-state index contributed by atoms with van der Waals surface area (Å²) in [6.45, 7) is 1.49. The Labute approximate surface area is 219 Å². The predicted octanol–water partition coefficient (Wildman–Crippen LogP) is 5.17. The van der Waals surface area contributed by atoms with Gasteiger partial charge in [-0.15, -0.1) is 0 Å². The van der Waals surface area contributed by atoms with Crippen molar-refractivity contribution in [2.45, 2.75) is 56.8 Å². The maximum Gasteiger partial charge on any atom is 0.224 e. The highest BCUT2D eigenvalue weighted by atomic mass is 32.1. The molecule has 37 heavy (non-hydrogen) atoms. The molecule has 4 aromatic rings. The van der Waals surface area contributed by atoms with Gasteiger partial charge in [-0.3, -0.25) is 4.98 Å². The van der Waals surface area contributed by atoms with Crippen LogP contribution in [-0.2, 0) is 4.74 Å². The lowest BCUT2D eigenvalue weighted by Crippen LogP contribution is -2.28. The number of nitrogens with one attached hydrogen (secondary N) is 2. The summed E-state index contributed by atoms with van der Waals surface area (Å²) in [6.07, 6.45) is 10.6. The van der Waals surface area contributed by atoms with Crippen molar-refractivity contribution in [2.75, 3.05) is 23.8 Å². The fraction of sp³-hybridized carbons (Fsp3) is 0.407. The van der Waals surface area contributed by atoms with E-state index >= 15 is 0 Å². The van der Waals surface area contributed by atoms with Gasteiger partial charge in [0.15, 0.2) is 5.13 Å². The highest BCUT2D eigenvalue weighted by Gasteiger charge is 2.20. The van der Waals surface area contributed by atoms with E-state index in [4.69, 9.17) is 14.5 Å². The Hall–Kier alpha value is -3.34. The van der Waals surface area contributed by atoms with Crippen LogP contribution in [-0.4, -0.2) is 56.5 Å². The molecule has 0 spiro atoms. The minimum atomic E-state index is -0.183. The third-order valence-electron chi connectivity index (χ3n) is 6.83. The van der Waals surface area contributed by atoms with Crippen LogP contribution >= 0.6 is 11.3 Å². The summed E-state index contributed by atoms with van der Waals surface area (Å²) in [5, 5.41) is 17.2. The first-order valence-electron chi connectivity index (χ1n) is 12.8. The van der Waals surface area contributed by atoms with Crippen molar-refractivity contribution in [1.29, 1.82) is 0 Å². The zero-order valence-electron chi connectivity index (χ0n) is 20.5. The topological polar surface area (TPSA) is 114 Å². The fourth-order valence-corrected chi connectivity index (χ4v) is 5.71. The summed E-state index contributed by atoms with van der Waals surface area (Å²) in [5.74, 6) is 2.06. The molecule has 1 aliphatic heterocycles. The second kappa shape index (κ2) is 11.0. The van der Waals surface area contributed by atoms with E-state index in [1.165, 1.54) is 0 Å². The van der Waals surface area contributed by atoms with E-state index in [2.05, 4.69) is 37.7 Å². The lowest BCUT2D eigenvalue weighted by molar-refractivity contribution is 0.0254. The molecule has 3 N–H and O–H groups in total. The Morgan fingerprint density at radius 3 is 2.68 bits per heavy atom. The van der Waals surface area contributed by atoms with Crippen LogP contribution in [0.25, 0.3) is 21.3 Å². The average Bonchev–Trinajstić information content (AvgIpc) is 3.32. The van der Waals surface area contributed by atoms with Gasteiger partial charge < -0.3 is 25.2 Å². The molecule has 0 radical (unpaired) electrons. The van der Waals surface area contributed by atoms with Crippen molar-refractivity contribution in [3.05, 3.63) is 48.9 Å². The third kappa shape index (κ3) is 5.98.